The number of nitrogens with one attached hydrogen (secondary N) is 1. The topological polar surface area (TPSA) is 57.1 Å². The Morgan fingerprint density at radius 2 is 1.88 bits per heavy atom. The molecular formula is C19H18N4OS. The number of carbonyl (C=O) groups excluding carboxylic acids is 1. The first-order valence-electron chi connectivity index (χ1n) is 8.32. The highest BCUT2D eigenvalue weighted by atomic mass is 32.2. The van der Waals surface area contributed by atoms with E-state index in [2.05, 4.69) is 12.2 Å². The number of thioether (sulfide) groups is 1. The minimum absolute atomic E-state index is 0.128. The highest BCUT2D eigenvalue weighted by Gasteiger charge is 2.34. The van der Waals surface area contributed by atoms with Crippen molar-refractivity contribution in [1.82, 2.24) is 10.3 Å². The molecule has 2 heterocycles. The fraction of sp³-hybridized carbons (Fsp3) is 0.211. The molecule has 2 aliphatic heterocycles. The molecule has 2 aliphatic rings. The summed E-state index contributed by atoms with van der Waals surface area (Å²) in [5, 5.41) is 11.6. The summed E-state index contributed by atoms with van der Waals surface area (Å²) in [6.45, 7) is 2.11. The van der Waals surface area contributed by atoms with Gasteiger partial charge in [0, 0.05) is 11.0 Å². The highest BCUT2D eigenvalue weighted by molar-refractivity contribution is 8.13. The first-order valence-corrected chi connectivity index (χ1v) is 9.30. The Balaban J connectivity index is 1.90. The SMILES string of the molecule is CCCSC1=NN2C(=c3ccccc3=N[C@@H]2c2ccccc2)C(=O)N1. The van der Waals surface area contributed by atoms with Gasteiger partial charge >= 0.3 is 0 Å². The molecule has 2 aromatic rings. The molecule has 0 bridgehead atoms. The largest absolute Gasteiger partial charge is 0.298 e. The van der Waals surface area contributed by atoms with E-state index >= 15 is 0 Å². The number of para-hydroxylation sites is 1. The van der Waals surface area contributed by atoms with Crippen LogP contribution in [0, 0.1) is 0 Å². The molecule has 126 valence electrons. The van der Waals surface area contributed by atoms with E-state index in [0.717, 1.165) is 28.3 Å². The van der Waals surface area contributed by atoms with E-state index in [1.165, 1.54) is 0 Å². The molecule has 0 radical (unpaired) electrons. The second-order valence-electron chi connectivity index (χ2n) is 5.83. The Kier molecular flexibility index (Phi) is 4.28. The van der Waals surface area contributed by atoms with E-state index in [-0.39, 0.29) is 12.1 Å². The van der Waals surface area contributed by atoms with Gasteiger partial charge in [-0.2, -0.15) is 0 Å². The summed E-state index contributed by atoms with van der Waals surface area (Å²) in [4.78, 5) is 17.7. The first kappa shape index (κ1) is 15.9. The van der Waals surface area contributed by atoms with Crippen LogP contribution in [0.25, 0.3) is 5.70 Å². The van der Waals surface area contributed by atoms with Crippen molar-refractivity contribution in [1.29, 1.82) is 0 Å². The number of benzene rings is 2. The number of hydrogen-bond donors (Lipinski definition) is 1. The first-order chi connectivity index (χ1) is 12.3. The lowest BCUT2D eigenvalue weighted by Gasteiger charge is -2.34. The van der Waals surface area contributed by atoms with Gasteiger partial charge in [0.2, 0.25) is 0 Å². The smallest absolute Gasteiger partial charge is 0.276 e. The molecule has 1 N–H and O–H groups in total. The number of hydrogen-bond acceptors (Lipinski definition) is 5. The van der Waals surface area contributed by atoms with Crippen LogP contribution in [0.3, 0.4) is 0 Å². The number of rotatable bonds is 3. The molecule has 4 rings (SSSR count). The number of fused-ring (bicyclic) bond motifs is 2. The minimum atomic E-state index is -0.339. The molecule has 0 saturated heterocycles. The Morgan fingerprint density at radius 3 is 2.68 bits per heavy atom. The number of nitrogens with zero attached hydrogens (tertiary/aromatic N) is 3. The third-order valence-corrected chi connectivity index (χ3v) is 5.13. The van der Waals surface area contributed by atoms with Crippen molar-refractivity contribution < 1.29 is 4.79 Å². The summed E-state index contributed by atoms with van der Waals surface area (Å²) in [5.74, 6) is 0.781. The normalized spacial score (nSPS) is 18.7. The van der Waals surface area contributed by atoms with Crippen LogP contribution in [-0.2, 0) is 4.79 Å². The van der Waals surface area contributed by atoms with E-state index < -0.39 is 0 Å². The molecule has 0 unspecified atom stereocenters. The molecule has 6 heteroatoms. The van der Waals surface area contributed by atoms with Gasteiger partial charge in [0.25, 0.3) is 5.91 Å². The van der Waals surface area contributed by atoms with Crippen LogP contribution in [0.4, 0.5) is 0 Å². The zero-order valence-corrected chi connectivity index (χ0v) is 14.7. The summed E-state index contributed by atoms with van der Waals surface area (Å²) in [7, 11) is 0. The molecule has 0 aromatic heterocycles. The molecular weight excluding hydrogens is 332 g/mol. The maximum Gasteiger partial charge on any atom is 0.276 e. The van der Waals surface area contributed by atoms with Crippen molar-refractivity contribution in [3.05, 3.63) is 70.7 Å². The summed E-state index contributed by atoms with van der Waals surface area (Å²) in [5.41, 5.74) is 1.56. The van der Waals surface area contributed by atoms with Gasteiger partial charge in [-0.15, -0.1) is 5.10 Å². The minimum Gasteiger partial charge on any atom is -0.298 e. The molecule has 5 nitrogen and oxygen atoms in total. The predicted octanol–water partition coefficient (Wildman–Crippen LogP) is 1.97. The lowest BCUT2D eigenvalue weighted by Crippen LogP contribution is -2.50. The van der Waals surface area contributed by atoms with Crippen LogP contribution < -0.4 is 15.9 Å². The standard InChI is InChI=1S/C19H18N4OS/c1-2-12-25-19-21-18(24)16-14-10-6-7-11-15(14)20-17(23(16)22-19)13-8-4-3-5-9-13/h3-11,17H,2,12H2,1H3,(H,21,22,24)/t17-/m0/s1. The van der Waals surface area contributed by atoms with Gasteiger partial charge in [0.15, 0.2) is 11.3 Å². The van der Waals surface area contributed by atoms with Crippen molar-refractivity contribution in [3.8, 4) is 0 Å². The Bertz CT molecular complexity index is 955. The second-order valence-corrected chi connectivity index (χ2v) is 6.92. The maximum atomic E-state index is 12.8. The van der Waals surface area contributed by atoms with Gasteiger partial charge in [0.1, 0.15) is 5.70 Å². The van der Waals surface area contributed by atoms with Crippen molar-refractivity contribution >= 4 is 28.5 Å². The number of amidine groups is 1. The van der Waals surface area contributed by atoms with Gasteiger partial charge in [-0.25, -0.2) is 5.01 Å². The Hall–Kier alpha value is -2.60. The summed E-state index contributed by atoms with van der Waals surface area (Å²) < 4.78 is 0. The molecule has 0 fully saturated rings. The molecule has 1 atom stereocenters. The average Bonchev–Trinajstić information content (AvgIpc) is 2.66. The summed E-state index contributed by atoms with van der Waals surface area (Å²) in [6.07, 6.45) is 0.681. The van der Waals surface area contributed by atoms with Crippen molar-refractivity contribution in [3.63, 3.8) is 0 Å². The maximum absolute atomic E-state index is 12.8. The highest BCUT2D eigenvalue weighted by Crippen LogP contribution is 2.30. The van der Waals surface area contributed by atoms with Crippen LogP contribution >= 0.6 is 11.8 Å². The van der Waals surface area contributed by atoms with Gasteiger partial charge in [0.05, 0.1) is 5.36 Å². The van der Waals surface area contributed by atoms with Crippen molar-refractivity contribution in [2.45, 2.75) is 19.5 Å². The monoisotopic (exact) mass is 350 g/mol. The molecule has 0 aliphatic carbocycles. The van der Waals surface area contributed by atoms with Crippen LogP contribution in [0.5, 0.6) is 0 Å². The van der Waals surface area contributed by atoms with Gasteiger partial charge in [-0.3, -0.25) is 15.1 Å². The zero-order chi connectivity index (χ0) is 17.2. The molecule has 25 heavy (non-hydrogen) atoms. The zero-order valence-electron chi connectivity index (χ0n) is 13.8. The predicted molar refractivity (Wildman–Crippen MR) is 100.0 cm³/mol. The third-order valence-electron chi connectivity index (χ3n) is 4.06. The average molecular weight is 350 g/mol. The van der Waals surface area contributed by atoms with E-state index in [1.807, 2.05) is 54.6 Å². The summed E-state index contributed by atoms with van der Waals surface area (Å²) >= 11 is 1.56. The van der Waals surface area contributed by atoms with Gasteiger partial charge in [-0.1, -0.05) is 67.2 Å². The van der Waals surface area contributed by atoms with Crippen LogP contribution in [0.15, 0.2) is 64.7 Å². The van der Waals surface area contributed by atoms with Gasteiger partial charge < -0.3 is 0 Å². The number of carbonyl (C=O) groups is 1. The Labute approximate surface area is 150 Å². The molecule has 0 spiro atoms. The number of hydrazone groups is 1. The molecule has 0 saturated carbocycles. The third kappa shape index (κ3) is 2.93. The summed E-state index contributed by atoms with van der Waals surface area (Å²) in [6, 6.07) is 17.7. The number of amides is 1. The lowest BCUT2D eigenvalue weighted by atomic mass is 10.1. The fourth-order valence-corrected chi connectivity index (χ4v) is 3.64. The van der Waals surface area contributed by atoms with E-state index in [9.17, 15) is 4.79 Å². The quantitative estimate of drug-likeness (QED) is 0.921. The van der Waals surface area contributed by atoms with E-state index in [4.69, 9.17) is 10.1 Å². The second kappa shape index (κ2) is 6.72. The lowest BCUT2D eigenvalue weighted by molar-refractivity contribution is -0.116. The van der Waals surface area contributed by atoms with E-state index in [1.54, 1.807) is 16.8 Å². The van der Waals surface area contributed by atoms with Gasteiger partial charge in [-0.05, 0) is 18.1 Å². The van der Waals surface area contributed by atoms with Crippen LogP contribution in [-0.4, -0.2) is 21.8 Å². The van der Waals surface area contributed by atoms with Crippen molar-refractivity contribution in [2.24, 2.45) is 10.1 Å². The molecule has 2 aromatic carbocycles. The van der Waals surface area contributed by atoms with Crippen LogP contribution in [0.2, 0.25) is 0 Å². The van der Waals surface area contributed by atoms with Crippen LogP contribution in [0.1, 0.15) is 25.1 Å². The molecule has 1 amide bonds. The fourth-order valence-electron chi connectivity index (χ4n) is 2.93. The Morgan fingerprint density at radius 1 is 1.12 bits per heavy atom. The van der Waals surface area contributed by atoms with E-state index in [0.29, 0.717) is 10.9 Å². The van der Waals surface area contributed by atoms with Crippen molar-refractivity contribution in [2.75, 3.05) is 5.75 Å².